The Kier molecular flexibility index (Phi) is 6.96. The summed E-state index contributed by atoms with van der Waals surface area (Å²) in [6.45, 7) is 5.61. The summed E-state index contributed by atoms with van der Waals surface area (Å²) in [6, 6.07) is 4.78. The van der Waals surface area contributed by atoms with Crippen molar-refractivity contribution in [1.82, 2.24) is 9.78 Å². The number of hydrogen-bond acceptors (Lipinski definition) is 5. The molecule has 10 heteroatoms. The largest absolute Gasteiger partial charge is 0.476 e. The molecule has 1 aliphatic heterocycles. The molecule has 0 aliphatic carbocycles. The molecule has 0 radical (unpaired) electrons. The lowest BCUT2D eigenvalue weighted by atomic mass is 9.90. The minimum absolute atomic E-state index is 0.0350. The Labute approximate surface area is 182 Å². The summed E-state index contributed by atoms with van der Waals surface area (Å²) in [4.78, 5) is 11.7. The molecule has 2 heterocycles. The number of rotatable bonds is 8. The second kappa shape index (κ2) is 9.32. The van der Waals surface area contributed by atoms with Crippen LogP contribution < -0.4 is 4.74 Å². The van der Waals surface area contributed by atoms with Gasteiger partial charge in [-0.2, -0.15) is 13.2 Å². The van der Waals surface area contributed by atoms with Gasteiger partial charge in [0.2, 0.25) is 5.88 Å². The second-order valence-corrected chi connectivity index (χ2v) is 7.95. The second-order valence-electron chi connectivity index (χ2n) is 7.55. The Morgan fingerprint density at radius 2 is 2.10 bits per heavy atom. The number of carbonyl (C=O) groups excluding carboxylic acids is 1. The number of ether oxygens (including phenoxy) is 3. The van der Waals surface area contributed by atoms with Crippen LogP contribution in [0.1, 0.15) is 30.7 Å². The molecule has 1 aliphatic rings. The zero-order valence-corrected chi connectivity index (χ0v) is 17.8. The van der Waals surface area contributed by atoms with Crippen molar-refractivity contribution in [1.29, 1.82) is 0 Å². The number of aromatic nitrogens is 2. The van der Waals surface area contributed by atoms with Gasteiger partial charge in [-0.3, -0.25) is 4.68 Å². The maximum Gasteiger partial charge on any atom is 0.416 e. The van der Waals surface area contributed by atoms with Gasteiger partial charge in [-0.1, -0.05) is 24.6 Å². The molecule has 1 fully saturated rings. The summed E-state index contributed by atoms with van der Waals surface area (Å²) in [5.41, 5.74) is 0.0224. The van der Waals surface area contributed by atoms with Crippen LogP contribution in [0.3, 0.4) is 0 Å². The highest BCUT2D eigenvalue weighted by molar-refractivity contribution is 6.31. The van der Waals surface area contributed by atoms with E-state index in [1.165, 1.54) is 22.9 Å². The van der Waals surface area contributed by atoms with Crippen LogP contribution in [0.4, 0.5) is 13.2 Å². The first kappa shape index (κ1) is 23.1. The Morgan fingerprint density at radius 3 is 2.68 bits per heavy atom. The van der Waals surface area contributed by atoms with Crippen LogP contribution in [0.5, 0.6) is 5.88 Å². The highest BCUT2D eigenvalue weighted by Crippen LogP contribution is 2.33. The molecular weight excluding hydrogens is 437 g/mol. The van der Waals surface area contributed by atoms with Gasteiger partial charge in [0.05, 0.1) is 44.2 Å². The molecule has 0 spiro atoms. The van der Waals surface area contributed by atoms with E-state index in [9.17, 15) is 18.0 Å². The van der Waals surface area contributed by atoms with Crippen LogP contribution >= 0.6 is 11.6 Å². The number of halogens is 4. The van der Waals surface area contributed by atoms with E-state index in [4.69, 9.17) is 25.8 Å². The topological polar surface area (TPSA) is 62.6 Å². The average Bonchev–Trinajstić information content (AvgIpc) is 3.06. The van der Waals surface area contributed by atoms with E-state index in [-0.39, 0.29) is 23.6 Å². The van der Waals surface area contributed by atoms with Crippen molar-refractivity contribution >= 4 is 23.6 Å². The molecule has 0 atom stereocenters. The lowest BCUT2D eigenvalue weighted by Crippen LogP contribution is -2.44. The minimum Gasteiger partial charge on any atom is -0.476 e. The first-order valence-corrected chi connectivity index (χ1v) is 9.96. The zero-order valence-electron chi connectivity index (χ0n) is 17.0. The molecule has 0 saturated carbocycles. The summed E-state index contributed by atoms with van der Waals surface area (Å²) in [5.74, 6) is -0.205. The number of carbonyl (C=O) groups is 1. The fraction of sp³-hybridized carbons (Fsp3) is 0.429. The van der Waals surface area contributed by atoms with Gasteiger partial charge in [0.25, 0.3) is 0 Å². The van der Waals surface area contributed by atoms with E-state index in [0.717, 1.165) is 12.1 Å². The molecule has 2 aromatic rings. The van der Waals surface area contributed by atoms with Gasteiger partial charge in [-0.05, 0) is 30.7 Å². The molecule has 1 aromatic heterocycles. The van der Waals surface area contributed by atoms with Crippen molar-refractivity contribution in [3.63, 3.8) is 0 Å². The van der Waals surface area contributed by atoms with Crippen molar-refractivity contribution in [3.8, 4) is 5.88 Å². The van der Waals surface area contributed by atoms with Gasteiger partial charge in [0.15, 0.2) is 0 Å². The molecule has 0 unspecified atom stereocenters. The van der Waals surface area contributed by atoms with E-state index >= 15 is 0 Å². The number of alkyl halides is 3. The molecule has 0 bridgehead atoms. The van der Waals surface area contributed by atoms with Crippen LogP contribution in [0.25, 0.3) is 6.08 Å². The van der Waals surface area contributed by atoms with Crippen LogP contribution in [0, 0.1) is 5.41 Å². The molecule has 0 amide bonds. The van der Waals surface area contributed by atoms with Crippen molar-refractivity contribution < 1.29 is 32.2 Å². The summed E-state index contributed by atoms with van der Waals surface area (Å²) in [6.07, 6.45) is -1.73. The highest BCUT2D eigenvalue weighted by atomic mass is 35.5. The third-order valence-corrected chi connectivity index (χ3v) is 4.99. The Bertz CT molecular complexity index is 968. The molecule has 0 N–H and O–H groups in total. The standard InChI is InChI=1S/C21H22ClF3N2O4/c1-3-30-19(28)7-6-16-9-18(31-13-20(2)11-29-12-20)26-27(16)10-14-4-5-15(8-17(14)22)21(23,24)25/h4-9H,3,10-13H2,1-2H3/b7-6+. The van der Waals surface area contributed by atoms with Crippen molar-refractivity contribution in [2.45, 2.75) is 26.6 Å². The first-order valence-electron chi connectivity index (χ1n) is 9.58. The van der Waals surface area contributed by atoms with Gasteiger partial charge in [0.1, 0.15) is 0 Å². The van der Waals surface area contributed by atoms with Gasteiger partial charge >= 0.3 is 12.1 Å². The van der Waals surface area contributed by atoms with E-state index in [0.29, 0.717) is 37.0 Å². The predicted octanol–water partition coefficient (Wildman–Crippen LogP) is 4.60. The van der Waals surface area contributed by atoms with Gasteiger partial charge in [0, 0.05) is 22.6 Å². The summed E-state index contributed by atoms with van der Waals surface area (Å²) < 4.78 is 56.0. The maximum atomic E-state index is 12.9. The first-order chi connectivity index (χ1) is 14.6. The average molecular weight is 459 g/mol. The molecular formula is C21H22ClF3N2O4. The lowest BCUT2D eigenvalue weighted by molar-refractivity contribution is -0.138. The summed E-state index contributed by atoms with van der Waals surface area (Å²) in [7, 11) is 0. The van der Waals surface area contributed by atoms with Gasteiger partial charge < -0.3 is 14.2 Å². The van der Waals surface area contributed by atoms with Crippen LogP contribution in [-0.4, -0.2) is 42.2 Å². The number of benzene rings is 1. The Balaban J connectivity index is 1.83. The van der Waals surface area contributed by atoms with Gasteiger partial charge in [-0.15, -0.1) is 5.10 Å². The SMILES string of the molecule is CCOC(=O)/C=C/c1cc(OCC2(C)COC2)nn1Cc1ccc(C(F)(F)F)cc1Cl. The Hall–Kier alpha value is -2.52. The molecule has 1 saturated heterocycles. The van der Waals surface area contributed by atoms with Crippen LogP contribution in [0.15, 0.2) is 30.3 Å². The molecule has 1 aromatic carbocycles. The quantitative estimate of drug-likeness (QED) is 0.427. The van der Waals surface area contributed by atoms with Crippen LogP contribution in [0.2, 0.25) is 5.02 Å². The highest BCUT2D eigenvalue weighted by Gasteiger charge is 2.34. The normalized spacial score (nSPS) is 15.7. The Morgan fingerprint density at radius 1 is 1.35 bits per heavy atom. The van der Waals surface area contributed by atoms with Crippen LogP contribution in [-0.2, 0) is 27.0 Å². The maximum absolute atomic E-state index is 12.9. The zero-order chi connectivity index (χ0) is 22.6. The molecule has 31 heavy (non-hydrogen) atoms. The van der Waals surface area contributed by atoms with E-state index in [1.807, 2.05) is 6.92 Å². The smallest absolute Gasteiger partial charge is 0.416 e. The third kappa shape index (κ3) is 6.01. The molecule has 6 nitrogen and oxygen atoms in total. The van der Waals surface area contributed by atoms with E-state index in [2.05, 4.69) is 5.10 Å². The van der Waals surface area contributed by atoms with Gasteiger partial charge in [-0.25, -0.2) is 4.79 Å². The number of esters is 1. The summed E-state index contributed by atoms with van der Waals surface area (Å²) >= 11 is 6.08. The number of nitrogens with zero attached hydrogens (tertiary/aromatic N) is 2. The monoisotopic (exact) mass is 458 g/mol. The van der Waals surface area contributed by atoms with E-state index in [1.54, 1.807) is 13.0 Å². The number of hydrogen-bond donors (Lipinski definition) is 0. The summed E-state index contributed by atoms with van der Waals surface area (Å²) in [5, 5.41) is 4.34. The minimum atomic E-state index is -4.48. The molecule has 3 rings (SSSR count). The van der Waals surface area contributed by atoms with Crippen molar-refractivity contribution in [2.24, 2.45) is 5.41 Å². The van der Waals surface area contributed by atoms with Crippen molar-refractivity contribution in [3.05, 3.63) is 52.2 Å². The fourth-order valence-electron chi connectivity index (χ4n) is 2.88. The predicted molar refractivity (Wildman–Crippen MR) is 108 cm³/mol. The lowest BCUT2D eigenvalue weighted by Gasteiger charge is -2.37. The fourth-order valence-corrected chi connectivity index (χ4v) is 3.12. The third-order valence-electron chi connectivity index (χ3n) is 4.64. The van der Waals surface area contributed by atoms with E-state index < -0.39 is 17.7 Å². The molecule has 168 valence electrons. The van der Waals surface area contributed by atoms with Crippen molar-refractivity contribution in [2.75, 3.05) is 26.4 Å².